The van der Waals surface area contributed by atoms with E-state index < -0.39 is 28.0 Å². The molecule has 1 amide bonds. The summed E-state index contributed by atoms with van der Waals surface area (Å²) in [5.41, 5.74) is 0.116. The van der Waals surface area contributed by atoms with Crippen LogP contribution in [0.15, 0.2) is 36.9 Å². The van der Waals surface area contributed by atoms with Gasteiger partial charge in [0, 0.05) is 6.54 Å². The zero-order valence-corrected chi connectivity index (χ0v) is 13.1. The van der Waals surface area contributed by atoms with Crippen LogP contribution in [0.2, 0.25) is 0 Å². The number of amides is 1. The van der Waals surface area contributed by atoms with Crippen molar-refractivity contribution in [1.82, 2.24) is 5.32 Å². The number of rotatable bonds is 7. The Labute approximate surface area is 129 Å². The first kappa shape index (κ1) is 17.7. The summed E-state index contributed by atoms with van der Waals surface area (Å²) in [5, 5.41) is 2.50. The zero-order chi connectivity index (χ0) is 16.8. The topological polar surface area (TPSA) is 102 Å². The van der Waals surface area contributed by atoms with E-state index in [-0.39, 0.29) is 17.8 Å². The van der Waals surface area contributed by atoms with Crippen molar-refractivity contribution in [2.45, 2.75) is 13.0 Å². The Hall–Kier alpha value is -2.35. The summed E-state index contributed by atoms with van der Waals surface area (Å²) in [6.07, 6.45) is 1.46. The lowest BCUT2D eigenvalue weighted by atomic mass is 10.2. The van der Waals surface area contributed by atoms with E-state index in [1.807, 2.05) is 0 Å². The normalized spacial score (nSPS) is 12.1. The minimum atomic E-state index is -3.54. The van der Waals surface area contributed by atoms with E-state index >= 15 is 0 Å². The van der Waals surface area contributed by atoms with Gasteiger partial charge in [-0.1, -0.05) is 18.2 Å². The molecule has 0 aliphatic carbocycles. The predicted octanol–water partition coefficient (Wildman–Crippen LogP) is 0.906. The van der Waals surface area contributed by atoms with Gasteiger partial charge in [-0.05, 0) is 19.1 Å². The highest BCUT2D eigenvalue weighted by Crippen LogP contribution is 2.18. The van der Waals surface area contributed by atoms with Crippen molar-refractivity contribution >= 4 is 27.6 Å². The molecule has 0 heterocycles. The molecule has 8 heteroatoms. The first-order valence-electron chi connectivity index (χ1n) is 6.41. The van der Waals surface area contributed by atoms with E-state index in [0.717, 1.165) is 6.26 Å². The van der Waals surface area contributed by atoms with Crippen LogP contribution in [-0.2, 0) is 19.6 Å². The van der Waals surface area contributed by atoms with Crippen LogP contribution in [-0.4, -0.2) is 39.2 Å². The molecule has 1 aromatic rings. The lowest BCUT2D eigenvalue weighted by Gasteiger charge is -2.14. The Balaban J connectivity index is 2.85. The fourth-order valence-corrected chi connectivity index (χ4v) is 2.12. The molecule has 1 aromatic carbocycles. The largest absolute Gasteiger partial charge is 0.449 e. The first-order chi connectivity index (χ1) is 10.2. The van der Waals surface area contributed by atoms with Gasteiger partial charge < -0.3 is 10.1 Å². The van der Waals surface area contributed by atoms with E-state index in [0.29, 0.717) is 0 Å². The van der Waals surface area contributed by atoms with Crippen LogP contribution in [0, 0.1) is 0 Å². The summed E-state index contributed by atoms with van der Waals surface area (Å²) >= 11 is 0. The Morgan fingerprint density at radius 3 is 2.59 bits per heavy atom. The van der Waals surface area contributed by atoms with Gasteiger partial charge in [-0.15, -0.1) is 6.58 Å². The Kier molecular flexibility index (Phi) is 6.11. The number of sulfonamides is 1. The lowest BCUT2D eigenvalue weighted by molar-refractivity contribution is -0.128. The van der Waals surface area contributed by atoms with Gasteiger partial charge in [0.15, 0.2) is 6.10 Å². The number of hydrogen-bond acceptors (Lipinski definition) is 5. The Morgan fingerprint density at radius 1 is 1.36 bits per heavy atom. The fourth-order valence-electron chi connectivity index (χ4n) is 1.54. The van der Waals surface area contributed by atoms with Gasteiger partial charge in [0.2, 0.25) is 10.0 Å². The molecule has 0 bridgehead atoms. The van der Waals surface area contributed by atoms with E-state index in [1.54, 1.807) is 12.1 Å². The van der Waals surface area contributed by atoms with Crippen LogP contribution in [0.4, 0.5) is 5.69 Å². The maximum Gasteiger partial charge on any atom is 0.341 e. The lowest BCUT2D eigenvalue weighted by Crippen LogP contribution is -2.36. The fraction of sp³-hybridized carbons (Fsp3) is 0.286. The molecule has 0 saturated heterocycles. The first-order valence-corrected chi connectivity index (χ1v) is 8.30. The molecule has 7 nitrogen and oxygen atoms in total. The standard InChI is InChI=1S/C14H18N2O5S/c1-4-9-15-13(17)10(2)21-14(18)11-7-5-6-8-12(11)16-22(3,19)20/h4-8,10,16H,1,9H2,2-3H3,(H,15,17)/t10-/m0/s1. The number of anilines is 1. The third-order valence-electron chi connectivity index (χ3n) is 2.52. The quantitative estimate of drug-likeness (QED) is 0.573. The smallest absolute Gasteiger partial charge is 0.341 e. The summed E-state index contributed by atoms with van der Waals surface area (Å²) in [5.74, 6) is -1.27. The molecule has 0 aromatic heterocycles. The van der Waals surface area contributed by atoms with Crippen molar-refractivity contribution in [2.24, 2.45) is 0 Å². The molecule has 2 N–H and O–H groups in total. The van der Waals surface area contributed by atoms with E-state index in [1.165, 1.54) is 25.1 Å². The monoisotopic (exact) mass is 326 g/mol. The van der Waals surface area contributed by atoms with E-state index in [9.17, 15) is 18.0 Å². The van der Waals surface area contributed by atoms with Gasteiger partial charge in [-0.3, -0.25) is 9.52 Å². The van der Waals surface area contributed by atoms with Crippen LogP contribution in [0.3, 0.4) is 0 Å². The molecule has 0 aliphatic rings. The van der Waals surface area contributed by atoms with Crippen molar-refractivity contribution in [3.05, 3.63) is 42.5 Å². The number of esters is 1. The van der Waals surface area contributed by atoms with Crippen LogP contribution < -0.4 is 10.0 Å². The minimum absolute atomic E-state index is 0.0243. The maximum absolute atomic E-state index is 12.1. The average molecular weight is 326 g/mol. The van der Waals surface area contributed by atoms with E-state index in [2.05, 4.69) is 16.6 Å². The summed E-state index contributed by atoms with van der Waals surface area (Å²) in [4.78, 5) is 23.7. The molecule has 120 valence electrons. The molecule has 0 aliphatic heterocycles. The third kappa shape index (κ3) is 5.57. The van der Waals surface area contributed by atoms with Gasteiger partial charge in [0.25, 0.3) is 5.91 Å². The molecular formula is C14H18N2O5S. The van der Waals surface area contributed by atoms with Crippen molar-refractivity contribution in [3.8, 4) is 0 Å². The number of carbonyl (C=O) groups is 2. The molecule has 22 heavy (non-hydrogen) atoms. The van der Waals surface area contributed by atoms with Gasteiger partial charge in [-0.25, -0.2) is 13.2 Å². The predicted molar refractivity (Wildman–Crippen MR) is 83.0 cm³/mol. The molecule has 0 unspecified atom stereocenters. The number of ether oxygens (including phenoxy) is 1. The van der Waals surface area contributed by atoms with Crippen LogP contribution >= 0.6 is 0 Å². The van der Waals surface area contributed by atoms with Crippen molar-refractivity contribution in [3.63, 3.8) is 0 Å². The molecule has 0 saturated carbocycles. The van der Waals surface area contributed by atoms with Crippen molar-refractivity contribution in [1.29, 1.82) is 0 Å². The van der Waals surface area contributed by atoms with E-state index in [4.69, 9.17) is 4.74 Å². The zero-order valence-electron chi connectivity index (χ0n) is 12.3. The summed E-state index contributed by atoms with van der Waals surface area (Å²) in [7, 11) is -3.54. The van der Waals surface area contributed by atoms with Gasteiger partial charge in [0.1, 0.15) is 0 Å². The number of para-hydroxylation sites is 1. The second-order valence-electron chi connectivity index (χ2n) is 4.50. The molecule has 1 rings (SSSR count). The highest BCUT2D eigenvalue weighted by atomic mass is 32.2. The van der Waals surface area contributed by atoms with Crippen LogP contribution in [0.25, 0.3) is 0 Å². The second-order valence-corrected chi connectivity index (χ2v) is 6.25. The average Bonchev–Trinajstić information content (AvgIpc) is 2.43. The number of nitrogens with one attached hydrogen (secondary N) is 2. The second kappa shape index (κ2) is 7.60. The minimum Gasteiger partial charge on any atom is -0.449 e. The van der Waals surface area contributed by atoms with Gasteiger partial charge >= 0.3 is 5.97 Å². The summed E-state index contributed by atoms with van der Waals surface area (Å²) in [6, 6.07) is 5.97. The third-order valence-corrected chi connectivity index (χ3v) is 3.11. The van der Waals surface area contributed by atoms with Crippen molar-refractivity contribution in [2.75, 3.05) is 17.5 Å². The molecular weight excluding hydrogens is 308 g/mol. The van der Waals surface area contributed by atoms with Crippen LogP contribution in [0.1, 0.15) is 17.3 Å². The number of carbonyl (C=O) groups excluding carboxylic acids is 2. The van der Waals surface area contributed by atoms with Crippen molar-refractivity contribution < 1.29 is 22.7 Å². The van der Waals surface area contributed by atoms with Gasteiger partial charge in [-0.2, -0.15) is 0 Å². The molecule has 0 fully saturated rings. The highest BCUT2D eigenvalue weighted by molar-refractivity contribution is 7.92. The highest BCUT2D eigenvalue weighted by Gasteiger charge is 2.21. The molecule has 1 atom stereocenters. The summed E-state index contributed by atoms with van der Waals surface area (Å²) < 4.78 is 29.8. The molecule has 0 radical (unpaired) electrons. The number of benzene rings is 1. The van der Waals surface area contributed by atoms with Gasteiger partial charge in [0.05, 0.1) is 17.5 Å². The number of hydrogen-bond donors (Lipinski definition) is 2. The maximum atomic E-state index is 12.1. The molecule has 0 spiro atoms. The SMILES string of the molecule is C=CCNC(=O)[C@H](C)OC(=O)c1ccccc1NS(C)(=O)=O. The Morgan fingerprint density at radius 2 is 2.00 bits per heavy atom. The van der Waals surface area contributed by atoms with Crippen LogP contribution in [0.5, 0.6) is 0 Å². The summed E-state index contributed by atoms with van der Waals surface area (Å²) in [6.45, 7) is 5.13. The Bertz CT molecular complexity index is 670.